The maximum Gasteiger partial charge on any atom is 0.231 e. The molecule has 5 rings (SSSR count). The van der Waals surface area contributed by atoms with Crippen LogP contribution in [-0.4, -0.2) is 32.5 Å². The van der Waals surface area contributed by atoms with Gasteiger partial charge in [-0.15, -0.1) is 6.58 Å². The zero-order valence-electron chi connectivity index (χ0n) is 18.3. The van der Waals surface area contributed by atoms with Crippen molar-refractivity contribution in [2.75, 3.05) is 27.6 Å². The van der Waals surface area contributed by atoms with Crippen molar-refractivity contribution in [3.05, 3.63) is 71.3 Å². The Morgan fingerprint density at radius 1 is 1.16 bits per heavy atom. The third-order valence-corrected chi connectivity index (χ3v) is 6.36. The number of hydrogen-bond donors (Lipinski definition) is 0. The summed E-state index contributed by atoms with van der Waals surface area (Å²) in [6.07, 6.45) is 3.62. The second-order valence-corrected chi connectivity index (χ2v) is 8.14. The zero-order valence-corrected chi connectivity index (χ0v) is 18.3. The SMILES string of the molecule is C=CCC1=C2c3cc4c(cc3CCN2C(C(=C)C)c2c1ccc(OC)c2OC)OCO4. The van der Waals surface area contributed by atoms with E-state index in [1.807, 2.05) is 12.1 Å². The maximum atomic E-state index is 5.87. The van der Waals surface area contributed by atoms with Crippen molar-refractivity contribution in [3.63, 3.8) is 0 Å². The Bertz CT molecular complexity index is 1130. The molecule has 0 saturated heterocycles. The lowest BCUT2D eigenvalue weighted by atomic mass is 9.79. The summed E-state index contributed by atoms with van der Waals surface area (Å²) in [6.45, 7) is 11.6. The third kappa shape index (κ3) is 2.83. The molecule has 0 radical (unpaired) electrons. The number of allylic oxidation sites excluding steroid dienone is 2. The highest BCUT2D eigenvalue weighted by molar-refractivity contribution is 5.96. The lowest BCUT2D eigenvalue weighted by Gasteiger charge is -2.46. The van der Waals surface area contributed by atoms with E-state index in [0.717, 1.165) is 59.1 Å². The number of benzene rings is 2. The van der Waals surface area contributed by atoms with Crippen LogP contribution in [-0.2, 0) is 6.42 Å². The van der Waals surface area contributed by atoms with Gasteiger partial charge >= 0.3 is 0 Å². The smallest absolute Gasteiger partial charge is 0.231 e. The summed E-state index contributed by atoms with van der Waals surface area (Å²) in [7, 11) is 3.38. The van der Waals surface area contributed by atoms with Crippen LogP contribution in [0, 0.1) is 0 Å². The number of methoxy groups -OCH3 is 2. The summed E-state index contributed by atoms with van der Waals surface area (Å²) in [6, 6.07) is 8.37. The molecule has 0 bridgehead atoms. The van der Waals surface area contributed by atoms with Gasteiger partial charge < -0.3 is 23.8 Å². The fraction of sp³-hybridized carbons (Fsp3) is 0.308. The van der Waals surface area contributed by atoms with Crippen molar-refractivity contribution in [1.29, 1.82) is 0 Å². The van der Waals surface area contributed by atoms with Crippen LogP contribution >= 0.6 is 0 Å². The number of nitrogens with zero attached hydrogens (tertiary/aromatic N) is 1. The van der Waals surface area contributed by atoms with Crippen LogP contribution in [0.2, 0.25) is 0 Å². The highest BCUT2D eigenvalue weighted by atomic mass is 16.7. The lowest BCUT2D eigenvalue weighted by molar-refractivity contribution is 0.174. The maximum absolute atomic E-state index is 5.87. The lowest BCUT2D eigenvalue weighted by Crippen LogP contribution is -2.37. The number of hydrogen-bond acceptors (Lipinski definition) is 5. The Balaban J connectivity index is 1.84. The van der Waals surface area contributed by atoms with Gasteiger partial charge in [0.25, 0.3) is 0 Å². The summed E-state index contributed by atoms with van der Waals surface area (Å²) in [5, 5.41) is 0. The molecule has 3 aliphatic rings. The summed E-state index contributed by atoms with van der Waals surface area (Å²) in [4.78, 5) is 2.45. The zero-order chi connectivity index (χ0) is 21.7. The van der Waals surface area contributed by atoms with Crippen molar-refractivity contribution in [2.24, 2.45) is 0 Å². The van der Waals surface area contributed by atoms with Gasteiger partial charge in [0.2, 0.25) is 6.79 Å². The highest BCUT2D eigenvalue weighted by Gasteiger charge is 2.39. The second kappa shape index (κ2) is 7.41. The molecule has 2 aromatic rings. The Morgan fingerprint density at radius 2 is 1.94 bits per heavy atom. The van der Waals surface area contributed by atoms with Crippen LogP contribution in [0.5, 0.6) is 23.0 Å². The summed E-state index contributed by atoms with van der Waals surface area (Å²) >= 11 is 0. The van der Waals surface area contributed by atoms with E-state index in [2.05, 4.69) is 43.2 Å². The minimum absolute atomic E-state index is 0.0119. The molecule has 3 heterocycles. The monoisotopic (exact) mass is 417 g/mol. The van der Waals surface area contributed by atoms with Gasteiger partial charge in [0.15, 0.2) is 23.0 Å². The molecule has 0 N–H and O–H groups in total. The van der Waals surface area contributed by atoms with Gasteiger partial charge in [0.1, 0.15) is 0 Å². The molecule has 0 aromatic heterocycles. The topological polar surface area (TPSA) is 40.2 Å². The fourth-order valence-electron chi connectivity index (χ4n) is 5.15. The van der Waals surface area contributed by atoms with E-state index in [0.29, 0.717) is 0 Å². The molecular weight excluding hydrogens is 390 g/mol. The Labute approximate surface area is 183 Å². The van der Waals surface area contributed by atoms with E-state index in [-0.39, 0.29) is 12.8 Å². The van der Waals surface area contributed by atoms with E-state index in [9.17, 15) is 0 Å². The first-order valence-corrected chi connectivity index (χ1v) is 10.5. The van der Waals surface area contributed by atoms with Gasteiger partial charge in [0, 0.05) is 23.4 Å². The van der Waals surface area contributed by atoms with Crippen molar-refractivity contribution in [2.45, 2.75) is 25.8 Å². The van der Waals surface area contributed by atoms with Crippen molar-refractivity contribution < 1.29 is 18.9 Å². The van der Waals surface area contributed by atoms with Crippen LogP contribution in [0.3, 0.4) is 0 Å². The van der Waals surface area contributed by atoms with Crippen molar-refractivity contribution in [3.8, 4) is 23.0 Å². The van der Waals surface area contributed by atoms with Gasteiger partial charge in [-0.2, -0.15) is 0 Å². The van der Waals surface area contributed by atoms with E-state index >= 15 is 0 Å². The molecule has 0 amide bonds. The average molecular weight is 418 g/mol. The van der Waals surface area contributed by atoms with Gasteiger partial charge in [0.05, 0.1) is 20.3 Å². The predicted molar refractivity (Wildman–Crippen MR) is 122 cm³/mol. The molecular formula is C26H27NO4. The van der Waals surface area contributed by atoms with Gasteiger partial charge in [-0.3, -0.25) is 0 Å². The molecule has 0 saturated carbocycles. The largest absolute Gasteiger partial charge is 0.493 e. The third-order valence-electron chi connectivity index (χ3n) is 6.36. The summed E-state index contributed by atoms with van der Waals surface area (Å²) in [5.41, 5.74) is 8.24. The first-order chi connectivity index (χ1) is 15.1. The molecule has 5 nitrogen and oxygen atoms in total. The number of ether oxygens (including phenoxy) is 4. The standard InChI is InChI=1S/C26H27NO4/c1-6-7-18-17-8-9-20(28-4)26(29-5)23(17)24(15(2)3)27-11-10-16-12-21-22(31-14-30-21)13-19(16)25(18)27/h6,8-9,12-13,24H,1-2,7,10-11,14H2,3-5H3. The first-order valence-electron chi connectivity index (χ1n) is 10.5. The Hall–Kier alpha value is -3.34. The first kappa shape index (κ1) is 19.6. The molecule has 0 aliphatic carbocycles. The molecule has 1 atom stereocenters. The van der Waals surface area contributed by atoms with Crippen molar-refractivity contribution in [1.82, 2.24) is 4.90 Å². The molecule has 160 valence electrons. The van der Waals surface area contributed by atoms with Gasteiger partial charge in [-0.05, 0) is 54.7 Å². The molecule has 3 aliphatic heterocycles. The average Bonchev–Trinajstić information content (AvgIpc) is 3.23. The van der Waals surface area contributed by atoms with Crippen LogP contribution < -0.4 is 18.9 Å². The van der Waals surface area contributed by atoms with Crippen LogP contribution in [0.15, 0.2) is 49.1 Å². The van der Waals surface area contributed by atoms with Gasteiger partial charge in [-0.1, -0.05) is 24.3 Å². The molecule has 0 fully saturated rings. The van der Waals surface area contributed by atoms with Crippen molar-refractivity contribution >= 4 is 11.3 Å². The minimum Gasteiger partial charge on any atom is -0.493 e. The van der Waals surface area contributed by atoms with E-state index in [1.54, 1.807) is 14.2 Å². The minimum atomic E-state index is -0.0119. The molecule has 2 aromatic carbocycles. The van der Waals surface area contributed by atoms with E-state index in [1.165, 1.54) is 22.4 Å². The quantitative estimate of drug-likeness (QED) is 0.612. The Kier molecular flexibility index (Phi) is 4.69. The van der Waals surface area contributed by atoms with Crippen LogP contribution in [0.25, 0.3) is 11.3 Å². The normalized spacial score (nSPS) is 18.2. The fourth-order valence-corrected chi connectivity index (χ4v) is 5.15. The number of rotatable bonds is 5. The second-order valence-electron chi connectivity index (χ2n) is 8.14. The predicted octanol–water partition coefficient (Wildman–Crippen LogP) is 5.37. The van der Waals surface area contributed by atoms with Crippen LogP contribution in [0.1, 0.15) is 41.6 Å². The van der Waals surface area contributed by atoms with E-state index in [4.69, 9.17) is 18.9 Å². The molecule has 5 heteroatoms. The molecule has 0 spiro atoms. The summed E-state index contributed by atoms with van der Waals surface area (Å²) in [5.74, 6) is 3.13. The van der Waals surface area contributed by atoms with E-state index < -0.39 is 0 Å². The highest BCUT2D eigenvalue weighted by Crippen LogP contribution is 2.54. The molecule has 31 heavy (non-hydrogen) atoms. The van der Waals surface area contributed by atoms with Crippen LogP contribution in [0.4, 0.5) is 0 Å². The Morgan fingerprint density at radius 3 is 2.61 bits per heavy atom. The number of fused-ring (bicyclic) bond motifs is 5. The molecule has 1 unspecified atom stereocenters. The summed E-state index contributed by atoms with van der Waals surface area (Å²) < 4.78 is 22.8. The van der Waals surface area contributed by atoms with Gasteiger partial charge in [-0.25, -0.2) is 0 Å².